The third-order valence-corrected chi connectivity index (χ3v) is 5.34. The maximum absolute atomic E-state index is 12.6. The van der Waals surface area contributed by atoms with E-state index in [-0.39, 0.29) is 16.4 Å². The van der Waals surface area contributed by atoms with Crippen LogP contribution >= 0.6 is 0 Å². The van der Waals surface area contributed by atoms with Crippen LogP contribution < -0.4 is 10.0 Å². The number of benzene rings is 3. The standard InChI is InChI=1S/C20H18N2O4S/c1-13-6-7-15-4-3-5-18(19(15)12-13)20(24)22-27(25,26)17-10-8-16(9-11-17)21-14(2)23/h3-12H,1-2H3,(H,21,23)(H,22,24). The summed E-state index contributed by atoms with van der Waals surface area (Å²) in [5.74, 6) is -0.956. The van der Waals surface area contributed by atoms with Crippen LogP contribution in [0.3, 0.4) is 0 Å². The van der Waals surface area contributed by atoms with Crippen molar-refractivity contribution >= 4 is 38.3 Å². The van der Waals surface area contributed by atoms with Gasteiger partial charge in [-0.2, -0.15) is 0 Å². The number of aryl methyl sites for hydroxylation is 1. The van der Waals surface area contributed by atoms with Gasteiger partial charge in [0.1, 0.15) is 0 Å². The molecule has 27 heavy (non-hydrogen) atoms. The van der Waals surface area contributed by atoms with Gasteiger partial charge in [-0.05, 0) is 48.0 Å². The van der Waals surface area contributed by atoms with E-state index in [2.05, 4.69) is 10.0 Å². The van der Waals surface area contributed by atoms with Crippen LogP contribution in [0.2, 0.25) is 0 Å². The molecule has 0 radical (unpaired) electrons. The molecule has 3 aromatic carbocycles. The van der Waals surface area contributed by atoms with Gasteiger partial charge in [0.2, 0.25) is 5.91 Å². The lowest BCUT2D eigenvalue weighted by Gasteiger charge is -2.10. The van der Waals surface area contributed by atoms with Crippen molar-refractivity contribution in [1.29, 1.82) is 0 Å². The maximum Gasteiger partial charge on any atom is 0.265 e. The zero-order valence-corrected chi connectivity index (χ0v) is 15.6. The van der Waals surface area contributed by atoms with Gasteiger partial charge >= 0.3 is 0 Å². The van der Waals surface area contributed by atoms with Crippen LogP contribution in [0.5, 0.6) is 0 Å². The molecule has 0 fully saturated rings. The molecule has 0 atom stereocenters. The highest BCUT2D eigenvalue weighted by molar-refractivity contribution is 7.90. The van der Waals surface area contributed by atoms with Crippen molar-refractivity contribution in [2.45, 2.75) is 18.7 Å². The molecule has 2 N–H and O–H groups in total. The summed E-state index contributed by atoms with van der Waals surface area (Å²) in [6, 6.07) is 16.4. The predicted molar refractivity (Wildman–Crippen MR) is 104 cm³/mol. The monoisotopic (exact) mass is 382 g/mol. The van der Waals surface area contributed by atoms with Crippen LogP contribution in [0.4, 0.5) is 5.69 Å². The average molecular weight is 382 g/mol. The summed E-state index contributed by atoms with van der Waals surface area (Å²) in [7, 11) is -4.04. The first-order valence-corrected chi connectivity index (χ1v) is 9.69. The van der Waals surface area contributed by atoms with Gasteiger partial charge in [0, 0.05) is 18.2 Å². The number of anilines is 1. The van der Waals surface area contributed by atoms with Gasteiger partial charge in [-0.25, -0.2) is 13.1 Å². The molecule has 7 heteroatoms. The number of amides is 2. The first-order valence-electron chi connectivity index (χ1n) is 8.20. The van der Waals surface area contributed by atoms with Gasteiger partial charge in [-0.3, -0.25) is 9.59 Å². The lowest BCUT2D eigenvalue weighted by Crippen LogP contribution is -2.30. The molecule has 0 aliphatic rings. The molecule has 0 spiro atoms. The second-order valence-corrected chi connectivity index (χ2v) is 7.85. The van der Waals surface area contributed by atoms with Crippen molar-refractivity contribution in [3.8, 4) is 0 Å². The number of carbonyl (C=O) groups excluding carboxylic acids is 2. The lowest BCUT2D eigenvalue weighted by atomic mass is 10.0. The molecule has 0 aliphatic carbocycles. The Morgan fingerprint density at radius 1 is 0.926 bits per heavy atom. The molecule has 3 rings (SSSR count). The van der Waals surface area contributed by atoms with Crippen LogP contribution in [0.25, 0.3) is 10.8 Å². The van der Waals surface area contributed by atoms with Crippen LogP contribution in [0.1, 0.15) is 22.8 Å². The topological polar surface area (TPSA) is 92.3 Å². The summed E-state index contributed by atoms with van der Waals surface area (Å²) in [5, 5.41) is 4.09. The van der Waals surface area contributed by atoms with Crippen molar-refractivity contribution in [3.05, 3.63) is 71.8 Å². The zero-order valence-electron chi connectivity index (χ0n) is 14.8. The SMILES string of the molecule is CC(=O)Nc1ccc(S(=O)(=O)NC(=O)c2cccc3ccc(C)cc23)cc1. The fraction of sp³-hybridized carbons (Fsp3) is 0.100. The molecule has 138 valence electrons. The lowest BCUT2D eigenvalue weighted by molar-refractivity contribution is -0.114. The summed E-state index contributed by atoms with van der Waals surface area (Å²) in [4.78, 5) is 23.6. The van der Waals surface area contributed by atoms with Crippen LogP contribution in [0.15, 0.2) is 65.6 Å². The Bertz CT molecular complexity index is 1140. The Balaban J connectivity index is 1.89. The molecule has 0 aromatic heterocycles. The van der Waals surface area contributed by atoms with E-state index in [1.807, 2.05) is 31.2 Å². The third kappa shape index (κ3) is 4.15. The molecule has 2 amide bonds. The third-order valence-electron chi connectivity index (χ3n) is 3.99. The highest BCUT2D eigenvalue weighted by Gasteiger charge is 2.20. The molecule has 0 bridgehead atoms. The summed E-state index contributed by atoms with van der Waals surface area (Å²) in [6.07, 6.45) is 0. The summed E-state index contributed by atoms with van der Waals surface area (Å²) >= 11 is 0. The van der Waals surface area contributed by atoms with Gasteiger partial charge in [-0.1, -0.05) is 35.9 Å². The van der Waals surface area contributed by atoms with E-state index < -0.39 is 15.9 Å². The fourth-order valence-electron chi connectivity index (χ4n) is 2.74. The predicted octanol–water partition coefficient (Wildman–Crippen LogP) is 3.23. The molecule has 6 nitrogen and oxygen atoms in total. The minimum Gasteiger partial charge on any atom is -0.326 e. The van der Waals surface area contributed by atoms with Crippen LogP contribution in [-0.2, 0) is 14.8 Å². The van der Waals surface area contributed by atoms with Crippen molar-refractivity contribution in [3.63, 3.8) is 0 Å². The Morgan fingerprint density at radius 2 is 1.63 bits per heavy atom. The number of hydrogen-bond donors (Lipinski definition) is 2. The highest BCUT2D eigenvalue weighted by atomic mass is 32.2. The van der Waals surface area contributed by atoms with Crippen molar-refractivity contribution < 1.29 is 18.0 Å². The first kappa shape index (κ1) is 18.6. The van der Waals surface area contributed by atoms with Crippen LogP contribution in [0, 0.1) is 6.92 Å². The minimum absolute atomic E-state index is 0.0682. The summed E-state index contributed by atoms with van der Waals surface area (Å²) in [5.41, 5.74) is 1.73. The van der Waals surface area contributed by atoms with E-state index in [0.29, 0.717) is 11.1 Å². The highest BCUT2D eigenvalue weighted by Crippen LogP contribution is 2.21. The van der Waals surface area contributed by atoms with E-state index in [0.717, 1.165) is 10.9 Å². The summed E-state index contributed by atoms with van der Waals surface area (Å²) in [6.45, 7) is 3.26. The quantitative estimate of drug-likeness (QED) is 0.725. The molecule has 0 saturated heterocycles. The van der Waals surface area contributed by atoms with Crippen molar-refractivity contribution in [1.82, 2.24) is 4.72 Å². The number of carbonyl (C=O) groups is 2. The minimum atomic E-state index is -4.04. The maximum atomic E-state index is 12.6. The number of rotatable bonds is 4. The normalized spacial score (nSPS) is 11.2. The largest absolute Gasteiger partial charge is 0.326 e. The molecule has 0 unspecified atom stereocenters. The Labute approximate surface area is 157 Å². The smallest absolute Gasteiger partial charge is 0.265 e. The van der Waals surface area contributed by atoms with E-state index in [9.17, 15) is 18.0 Å². The molecular formula is C20H18N2O4S. The van der Waals surface area contributed by atoms with E-state index >= 15 is 0 Å². The van der Waals surface area contributed by atoms with Gasteiger partial charge in [0.15, 0.2) is 0 Å². The average Bonchev–Trinajstić information content (AvgIpc) is 2.60. The van der Waals surface area contributed by atoms with Gasteiger partial charge in [0.05, 0.1) is 4.90 Å². The number of sulfonamides is 1. The molecule has 0 aliphatic heterocycles. The number of fused-ring (bicyclic) bond motifs is 1. The Morgan fingerprint density at radius 3 is 2.30 bits per heavy atom. The van der Waals surface area contributed by atoms with Crippen LogP contribution in [-0.4, -0.2) is 20.2 Å². The fourth-order valence-corrected chi connectivity index (χ4v) is 3.71. The van der Waals surface area contributed by atoms with E-state index in [1.54, 1.807) is 12.1 Å². The van der Waals surface area contributed by atoms with Gasteiger partial charge in [0.25, 0.3) is 15.9 Å². The van der Waals surface area contributed by atoms with E-state index in [1.165, 1.54) is 31.2 Å². The second kappa shape index (κ2) is 7.20. The molecular weight excluding hydrogens is 364 g/mol. The van der Waals surface area contributed by atoms with Crippen molar-refractivity contribution in [2.75, 3.05) is 5.32 Å². The number of nitrogens with one attached hydrogen (secondary N) is 2. The van der Waals surface area contributed by atoms with Crippen molar-refractivity contribution in [2.24, 2.45) is 0 Å². The second-order valence-electron chi connectivity index (χ2n) is 6.17. The number of hydrogen-bond acceptors (Lipinski definition) is 4. The summed E-state index contributed by atoms with van der Waals surface area (Å²) < 4.78 is 27.2. The van der Waals surface area contributed by atoms with E-state index in [4.69, 9.17) is 0 Å². The zero-order chi connectivity index (χ0) is 19.6. The Hall–Kier alpha value is -3.19. The van der Waals surface area contributed by atoms with Gasteiger partial charge in [-0.15, -0.1) is 0 Å². The molecule has 0 heterocycles. The first-order chi connectivity index (χ1) is 12.8. The Kier molecular flexibility index (Phi) is 4.96. The molecule has 0 saturated carbocycles. The van der Waals surface area contributed by atoms with Gasteiger partial charge < -0.3 is 5.32 Å². The molecule has 3 aromatic rings.